The number of rotatable bonds is 3. The molecule has 0 saturated carbocycles. The number of H-pyrrole nitrogens is 1. The van der Waals surface area contributed by atoms with Crippen LogP contribution in [0.25, 0.3) is 0 Å². The van der Waals surface area contributed by atoms with E-state index in [1.54, 1.807) is 0 Å². The van der Waals surface area contributed by atoms with Crippen molar-refractivity contribution in [3.63, 3.8) is 0 Å². The second-order valence-corrected chi connectivity index (χ2v) is 5.28. The molecule has 1 aromatic heterocycles. The van der Waals surface area contributed by atoms with Gasteiger partial charge in [0.2, 0.25) is 0 Å². The van der Waals surface area contributed by atoms with Crippen LogP contribution in [0.4, 0.5) is 10.1 Å². The van der Waals surface area contributed by atoms with Crippen molar-refractivity contribution in [1.82, 2.24) is 10.2 Å². The summed E-state index contributed by atoms with van der Waals surface area (Å²) < 4.78 is 38.9. The molecule has 2 rings (SSSR count). The van der Waals surface area contributed by atoms with Crippen molar-refractivity contribution in [3.05, 3.63) is 41.4 Å². The highest BCUT2D eigenvalue weighted by molar-refractivity contribution is 7.92. The summed E-state index contributed by atoms with van der Waals surface area (Å²) in [5.74, 6) is -0.746. The fraction of sp³-hybridized carbons (Fsp3) is 0. The molecule has 5 nitrogen and oxygen atoms in total. The second kappa shape index (κ2) is 4.34. The Bertz CT molecular complexity index is 628. The zero-order valence-electron chi connectivity index (χ0n) is 8.31. The van der Waals surface area contributed by atoms with Crippen molar-refractivity contribution in [1.29, 1.82) is 0 Å². The summed E-state index contributed by atoms with van der Waals surface area (Å²) in [6.45, 7) is 0. The molecule has 0 bridgehead atoms. The Labute approximate surface area is 102 Å². The first-order chi connectivity index (χ1) is 7.99. The van der Waals surface area contributed by atoms with Crippen molar-refractivity contribution in [3.8, 4) is 0 Å². The van der Waals surface area contributed by atoms with Crippen LogP contribution >= 0.6 is 11.6 Å². The Balaban J connectivity index is 2.33. The first-order valence-electron chi connectivity index (χ1n) is 4.46. The SMILES string of the molecule is O=S(=O)(Nc1ccc(Cl)cc1F)c1cn[nH]c1. The standard InChI is InChI=1S/C9H7ClFN3O2S/c10-6-1-2-9(8(11)3-6)14-17(15,16)7-4-12-13-5-7/h1-5,14H,(H,12,13). The van der Waals surface area contributed by atoms with Gasteiger partial charge < -0.3 is 0 Å². The van der Waals surface area contributed by atoms with Gasteiger partial charge in [0.1, 0.15) is 10.7 Å². The lowest BCUT2D eigenvalue weighted by Gasteiger charge is -2.07. The lowest BCUT2D eigenvalue weighted by atomic mass is 10.3. The van der Waals surface area contributed by atoms with E-state index in [1.165, 1.54) is 18.3 Å². The van der Waals surface area contributed by atoms with Crippen molar-refractivity contribution in [2.75, 3.05) is 4.72 Å². The number of nitrogens with one attached hydrogen (secondary N) is 2. The van der Waals surface area contributed by atoms with Crippen molar-refractivity contribution >= 4 is 27.3 Å². The molecular formula is C9H7ClFN3O2S. The lowest BCUT2D eigenvalue weighted by molar-refractivity contribution is 0.598. The molecule has 8 heteroatoms. The third-order valence-electron chi connectivity index (χ3n) is 1.96. The second-order valence-electron chi connectivity index (χ2n) is 3.16. The van der Waals surface area contributed by atoms with Crippen LogP contribution < -0.4 is 4.72 Å². The molecule has 1 heterocycles. The number of hydrogen-bond acceptors (Lipinski definition) is 3. The Kier molecular flexibility index (Phi) is 3.03. The number of anilines is 1. The minimum absolute atomic E-state index is 0.0770. The molecule has 0 aliphatic heterocycles. The summed E-state index contributed by atoms with van der Waals surface area (Å²) >= 11 is 5.56. The fourth-order valence-electron chi connectivity index (χ4n) is 1.16. The Morgan fingerprint density at radius 1 is 1.41 bits per heavy atom. The van der Waals surface area contributed by atoms with E-state index >= 15 is 0 Å². The van der Waals surface area contributed by atoms with Gasteiger partial charge in [-0.2, -0.15) is 5.10 Å². The van der Waals surface area contributed by atoms with E-state index < -0.39 is 15.8 Å². The van der Waals surface area contributed by atoms with Gasteiger partial charge in [-0.3, -0.25) is 9.82 Å². The minimum Gasteiger partial charge on any atom is -0.284 e. The van der Waals surface area contributed by atoms with Crippen molar-refractivity contribution in [2.24, 2.45) is 0 Å². The van der Waals surface area contributed by atoms with E-state index in [1.807, 2.05) is 0 Å². The topological polar surface area (TPSA) is 74.8 Å². The number of halogens is 2. The van der Waals surface area contributed by atoms with Crippen LogP contribution in [0.15, 0.2) is 35.5 Å². The third kappa shape index (κ3) is 2.56. The van der Waals surface area contributed by atoms with E-state index in [0.717, 1.165) is 12.3 Å². The Morgan fingerprint density at radius 2 is 2.18 bits per heavy atom. The highest BCUT2D eigenvalue weighted by Gasteiger charge is 2.17. The van der Waals surface area contributed by atoms with Crippen molar-refractivity contribution < 1.29 is 12.8 Å². The molecule has 0 saturated heterocycles. The number of aromatic amines is 1. The monoisotopic (exact) mass is 275 g/mol. The smallest absolute Gasteiger partial charge is 0.265 e. The summed E-state index contributed by atoms with van der Waals surface area (Å²) in [7, 11) is -3.83. The Hall–Kier alpha value is -1.60. The lowest BCUT2D eigenvalue weighted by Crippen LogP contribution is -2.13. The third-order valence-corrected chi connectivity index (χ3v) is 3.53. The highest BCUT2D eigenvalue weighted by atomic mass is 35.5. The maximum Gasteiger partial charge on any atom is 0.265 e. The molecule has 0 aliphatic carbocycles. The number of nitrogens with zero attached hydrogens (tertiary/aromatic N) is 1. The van der Waals surface area contributed by atoms with Gasteiger partial charge in [-0.25, -0.2) is 12.8 Å². The molecule has 0 spiro atoms. The van der Waals surface area contributed by atoms with E-state index in [0.29, 0.717) is 0 Å². The van der Waals surface area contributed by atoms with Crippen LogP contribution in [-0.4, -0.2) is 18.6 Å². The quantitative estimate of drug-likeness (QED) is 0.900. The van der Waals surface area contributed by atoms with Gasteiger partial charge in [-0.05, 0) is 18.2 Å². The van der Waals surface area contributed by atoms with Gasteiger partial charge >= 0.3 is 0 Å². The zero-order chi connectivity index (χ0) is 12.5. The predicted octanol–water partition coefficient (Wildman–Crippen LogP) is 2.00. The average molecular weight is 276 g/mol. The van der Waals surface area contributed by atoms with E-state index in [4.69, 9.17) is 11.6 Å². The van der Waals surface area contributed by atoms with E-state index in [2.05, 4.69) is 14.9 Å². The van der Waals surface area contributed by atoms with Crippen molar-refractivity contribution in [2.45, 2.75) is 4.90 Å². The molecule has 90 valence electrons. The molecule has 0 unspecified atom stereocenters. The molecule has 0 aliphatic rings. The van der Waals surface area contributed by atoms with Gasteiger partial charge in [0.15, 0.2) is 0 Å². The molecular weight excluding hydrogens is 269 g/mol. The maximum atomic E-state index is 13.4. The highest BCUT2D eigenvalue weighted by Crippen LogP contribution is 2.21. The largest absolute Gasteiger partial charge is 0.284 e. The summed E-state index contributed by atoms with van der Waals surface area (Å²) in [6, 6.07) is 3.65. The van der Waals surface area contributed by atoms with Gasteiger partial charge in [-0.1, -0.05) is 11.6 Å². The van der Waals surface area contributed by atoms with Gasteiger partial charge in [0.05, 0.1) is 11.9 Å². The first kappa shape index (κ1) is 11.9. The molecule has 0 radical (unpaired) electrons. The molecule has 0 atom stereocenters. The van der Waals surface area contributed by atoms with Crippen LogP contribution in [0, 0.1) is 5.82 Å². The molecule has 2 aromatic rings. The number of aromatic nitrogens is 2. The minimum atomic E-state index is -3.83. The molecule has 0 amide bonds. The summed E-state index contributed by atoms with van der Waals surface area (Å²) in [4.78, 5) is -0.0770. The van der Waals surface area contributed by atoms with Crippen LogP contribution in [0.3, 0.4) is 0 Å². The fourth-order valence-corrected chi connectivity index (χ4v) is 2.29. The molecule has 2 N–H and O–H groups in total. The summed E-state index contributed by atoms with van der Waals surface area (Å²) in [5.41, 5.74) is -0.171. The number of sulfonamides is 1. The number of benzene rings is 1. The maximum absolute atomic E-state index is 13.4. The van der Waals surface area contributed by atoms with Gasteiger partial charge in [0.25, 0.3) is 10.0 Å². The van der Waals surface area contributed by atoms with Gasteiger partial charge in [0, 0.05) is 11.2 Å². The van der Waals surface area contributed by atoms with E-state index in [9.17, 15) is 12.8 Å². The van der Waals surface area contributed by atoms with Gasteiger partial charge in [-0.15, -0.1) is 0 Å². The van der Waals surface area contributed by atoms with Crippen LogP contribution in [-0.2, 0) is 10.0 Å². The van der Waals surface area contributed by atoms with Crippen LogP contribution in [0.2, 0.25) is 5.02 Å². The van der Waals surface area contributed by atoms with Crippen LogP contribution in [0.1, 0.15) is 0 Å². The Morgan fingerprint density at radius 3 is 2.76 bits per heavy atom. The summed E-state index contributed by atoms with van der Waals surface area (Å²) in [6.07, 6.45) is 2.31. The normalized spacial score (nSPS) is 11.4. The molecule has 1 aromatic carbocycles. The van der Waals surface area contributed by atoms with Crippen LogP contribution in [0.5, 0.6) is 0 Å². The average Bonchev–Trinajstić information content (AvgIpc) is 2.76. The van der Waals surface area contributed by atoms with E-state index in [-0.39, 0.29) is 15.6 Å². The number of hydrogen-bond donors (Lipinski definition) is 2. The molecule has 17 heavy (non-hydrogen) atoms. The predicted molar refractivity (Wildman–Crippen MR) is 60.8 cm³/mol. The molecule has 0 fully saturated rings. The summed E-state index contributed by atoms with van der Waals surface area (Å²) in [5, 5.41) is 6.06. The first-order valence-corrected chi connectivity index (χ1v) is 6.32. The zero-order valence-corrected chi connectivity index (χ0v) is 9.89.